The zero-order valence-electron chi connectivity index (χ0n) is 14.0. The van der Waals surface area contributed by atoms with Crippen LogP contribution < -0.4 is 4.72 Å². The van der Waals surface area contributed by atoms with Gasteiger partial charge in [0.15, 0.2) is 0 Å². The Kier molecular flexibility index (Phi) is 6.22. The maximum absolute atomic E-state index is 12.9. The molecule has 25 heavy (non-hydrogen) atoms. The standard InChI is InChI=1S/C18H23FN2O2S2/c19-18-3-1-16(2-4-18)14-25(22,23)20-11-15-5-8-21(9-6-15)12-17-7-10-24-13-17/h1-4,7,10,13,15,20H,5-6,8-9,11-12,14H2. The minimum absolute atomic E-state index is 0.107. The molecule has 1 saturated heterocycles. The van der Waals surface area contributed by atoms with Gasteiger partial charge >= 0.3 is 0 Å². The van der Waals surface area contributed by atoms with Crippen molar-refractivity contribution in [1.82, 2.24) is 9.62 Å². The molecule has 0 radical (unpaired) electrons. The van der Waals surface area contributed by atoms with Crippen LogP contribution in [0.15, 0.2) is 41.1 Å². The third-order valence-electron chi connectivity index (χ3n) is 4.56. The molecule has 0 bridgehead atoms. The van der Waals surface area contributed by atoms with Gasteiger partial charge in [0, 0.05) is 13.1 Å². The van der Waals surface area contributed by atoms with Gasteiger partial charge in [-0.05, 0) is 71.9 Å². The van der Waals surface area contributed by atoms with Crippen molar-refractivity contribution in [2.75, 3.05) is 19.6 Å². The number of hydrogen-bond acceptors (Lipinski definition) is 4. The summed E-state index contributed by atoms with van der Waals surface area (Å²) in [5.74, 6) is -0.0883. The summed E-state index contributed by atoms with van der Waals surface area (Å²) in [6.07, 6.45) is 2.01. The van der Waals surface area contributed by atoms with Crippen molar-refractivity contribution in [3.8, 4) is 0 Å². The highest BCUT2D eigenvalue weighted by Gasteiger charge is 2.21. The molecule has 1 aliphatic rings. The largest absolute Gasteiger partial charge is 0.299 e. The molecule has 0 unspecified atom stereocenters. The number of likely N-dealkylation sites (tertiary alicyclic amines) is 1. The fraction of sp³-hybridized carbons (Fsp3) is 0.444. The number of thiophene rings is 1. The SMILES string of the molecule is O=S(=O)(Cc1ccc(F)cc1)NCC1CCN(Cc2ccsc2)CC1. The lowest BCUT2D eigenvalue weighted by molar-refractivity contribution is 0.179. The maximum atomic E-state index is 12.9. The van der Waals surface area contributed by atoms with Crippen LogP contribution >= 0.6 is 11.3 Å². The molecule has 0 amide bonds. The van der Waals surface area contributed by atoms with E-state index in [1.165, 1.54) is 29.8 Å². The smallest absolute Gasteiger partial charge is 0.215 e. The Hall–Kier alpha value is -1.28. The summed E-state index contributed by atoms with van der Waals surface area (Å²) in [6, 6.07) is 7.75. The lowest BCUT2D eigenvalue weighted by Gasteiger charge is -2.31. The van der Waals surface area contributed by atoms with Crippen LogP contribution in [0.1, 0.15) is 24.0 Å². The second kappa shape index (κ2) is 8.40. The van der Waals surface area contributed by atoms with E-state index in [2.05, 4.69) is 26.4 Å². The first-order valence-corrected chi connectivity index (χ1v) is 11.0. The molecular formula is C18H23FN2O2S2. The Morgan fingerprint density at radius 3 is 2.48 bits per heavy atom. The lowest BCUT2D eigenvalue weighted by atomic mass is 9.97. The Bertz CT molecular complexity index is 753. The first-order valence-electron chi connectivity index (χ1n) is 8.45. The molecule has 0 aliphatic carbocycles. The number of nitrogens with one attached hydrogen (secondary N) is 1. The van der Waals surface area contributed by atoms with Crippen molar-refractivity contribution in [3.05, 3.63) is 58.0 Å². The molecule has 1 fully saturated rings. The van der Waals surface area contributed by atoms with Crippen molar-refractivity contribution >= 4 is 21.4 Å². The summed E-state index contributed by atoms with van der Waals surface area (Å²) in [7, 11) is -3.39. The second-order valence-electron chi connectivity index (χ2n) is 6.59. The third kappa shape index (κ3) is 5.88. The van der Waals surface area contributed by atoms with E-state index < -0.39 is 10.0 Å². The Labute approximate surface area is 152 Å². The zero-order valence-corrected chi connectivity index (χ0v) is 15.7. The van der Waals surface area contributed by atoms with Gasteiger partial charge in [-0.15, -0.1) is 0 Å². The van der Waals surface area contributed by atoms with Crippen molar-refractivity contribution in [2.24, 2.45) is 5.92 Å². The molecule has 1 N–H and O–H groups in total. The van der Waals surface area contributed by atoms with Gasteiger partial charge in [-0.3, -0.25) is 4.90 Å². The number of halogens is 1. The highest BCUT2D eigenvalue weighted by molar-refractivity contribution is 7.88. The van der Waals surface area contributed by atoms with Crippen LogP contribution in [0, 0.1) is 11.7 Å². The molecule has 0 atom stereocenters. The second-order valence-corrected chi connectivity index (χ2v) is 9.17. The number of rotatable bonds is 7. The monoisotopic (exact) mass is 382 g/mol. The van der Waals surface area contributed by atoms with Crippen molar-refractivity contribution in [1.29, 1.82) is 0 Å². The normalized spacial score (nSPS) is 17.0. The van der Waals surface area contributed by atoms with Crippen LogP contribution in [-0.4, -0.2) is 33.0 Å². The van der Waals surface area contributed by atoms with Crippen molar-refractivity contribution < 1.29 is 12.8 Å². The minimum Gasteiger partial charge on any atom is -0.299 e. The van der Waals surface area contributed by atoms with Gasteiger partial charge in [-0.25, -0.2) is 17.5 Å². The van der Waals surface area contributed by atoms with E-state index in [1.807, 2.05) is 0 Å². The van der Waals surface area contributed by atoms with E-state index in [-0.39, 0.29) is 11.6 Å². The maximum Gasteiger partial charge on any atom is 0.215 e. The van der Waals surface area contributed by atoms with E-state index in [0.29, 0.717) is 18.0 Å². The average Bonchev–Trinajstić information content (AvgIpc) is 3.09. The Balaban J connectivity index is 1.42. The van der Waals surface area contributed by atoms with Gasteiger partial charge in [0.2, 0.25) is 10.0 Å². The van der Waals surface area contributed by atoms with Crippen molar-refractivity contribution in [2.45, 2.75) is 25.1 Å². The molecule has 4 nitrogen and oxygen atoms in total. The Morgan fingerprint density at radius 2 is 1.84 bits per heavy atom. The van der Waals surface area contributed by atoms with Crippen LogP contribution in [0.3, 0.4) is 0 Å². The van der Waals surface area contributed by atoms with Crippen molar-refractivity contribution in [3.63, 3.8) is 0 Å². The number of hydrogen-bond donors (Lipinski definition) is 1. The summed E-state index contributed by atoms with van der Waals surface area (Å²) in [6.45, 7) is 3.46. The van der Waals surface area contributed by atoms with Gasteiger partial charge in [0.1, 0.15) is 5.82 Å². The van der Waals surface area contributed by atoms with Gasteiger partial charge in [0.05, 0.1) is 5.75 Å². The van der Waals surface area contributed by atoms with Gasteiger partial charge in [-0.1, -0.05) is 12.1 Å². The zero-order chi connectivity index (χ0) is 17.7. The average molecular weight is 383 g/mol. The Morgan fingerprint density at radius 1 is 1.12 bits per heavy atom. The summed E-state index contributed by atoms with van der Waals surface area (Å²) >= 11 is 1.72. The molecule has 2 aromatic rings. The van der Waals surface area contributed by atoms with E-state index in [1.54, 1.807) is 11.3 Å². The molecule has 0 saturated carbocycles. The first-order chi connectivity index (χ1) is 12.0. The highest BCUT2D eigenvalue weighted by Crippen LogP contribution is 2.19. The molecule has 3 rings (SSSR count). The molecule has 136 valence electrons. The molecule has 2 heterocycles. The molecule has 1 aromatic heterocycles. The van der Waals surface area contributed by atoms with Crippen LogP contribution in [0.5, 0.6) is 0 Å². The van der Waals surface area contributed by atoms with Gasteiger partial charge < -0.3 is 0 Å². The van der Waals surface area contributed by atoms with Crippen LogP contribution in [0.2, 0.25) is 0 Å². The van der Waals surface area contributed by atoms with Crippen LogP contribution in [0.25, 0.3) is 0 Å². The summed E-state index contributed by atoms with van der Waals surface area (Å²) in [5.41, 5.74) is 1.95. The molecule has 0 spiro atoms. The summed E-state index contributed by atoms with van der Waals surface area (Å²) in [5, 5.41) is 4.27. The topological polar surface area (TPSA) is 49.4 Å². The van der Waals surface area contributed by atoms with Crippen LogP contribution in [0.4, 0.5) is 4.39 Å². The van der Waals surface area contributed by atoms with Gasteiger partial charge in [-0.2, -0.15) is 11.3 Å². The number of sulfonamides is 1. The fourth-order valence-corrected chi connectivity index (χ4v) is 4.97. The fourth-order valence-electron chi connectivity index (χ4n) is 3.09. The van der Waals surface area contributed by atoms with Crippen LogP contribution in [-0.2, 0) is 22.3 Å². The predicted octanol–water partition coefficient (Wildman–Crippen LogP) is 3.22. The first kappa shape index (κ1) is 18.5. The number of nitrogens with zero attached hydrogens (tertiary/aromatic N) is 1. The molecule has 1 aromatic carbocycles. The lowest BCUT2D eigenvalue weighted by Crippen LogP contribution is -2.38. The van der Waals surface area contributed by atoms with Gasteiger partial charge in [0.25, 0.3) is 0 Å². The molecule has 1 aliphatic heterocycles. The van der Waals surface area contributed by atoms with E-state index in [0.717, 1.165) is 32.5 Å². The summed E-state index contributed by atoms with van der Waals surface area (Å²) in [4.78, 5) is 2.42. The summed E-state index contributed by atoms with van der Waals surface area (Å²) < 4.78 is 40.0. The number of benzene rings is 1. The number of piperidine rings is 1. The third-order valence-corrected chi connectivity index (χ3v) is 6.61. The van der Waals surface area contributed by atoms with E-state index >= 15 is 0 Å². The quantitative estimate of drug-likeness (QED) is 0.800. The minimum atomic E-state index is -3.39. The molecule has 7 heteroatoms. The highest BCUT2D eigenvalue weighted by atomic mass is 32.2. The van der Waals surface area contributed by atoms with E-state index in [9.17, 15) is 12.8 Å². The molecular weight excluding hydrogens is 359 g/mol. The predicted molar refractivity (Wildman–Crippen MR) is 99.3 cm³/mol. The van der Waals surface area contributed by atoms with E-state index in [4.69, 9.17) is 0 Å².